The van der Waals surface area contributed by atoms with E-state index in [0.717, 1.165) is 49.2 Å². The Hall–Kier alpha value is -1.77. The summed E-state index contributed by atoms with van der Waals surface area (Å²) >= 11 is 3.38. The topological polar surface area (TPSA) is 70.0 Å². The minimum absolute atomic E-state index is 0.0692. The molecule has 1 saturated carbocycles. The second-order valence-electron chi connectivity index (χ2n) is 7.43. The summed E-state index contributed by atoms with van der Waals surface area (Å²) in [4.78, 5) is 33.7. The van der Waals surface area contributed by atoms with Crippen LogP contribution in [0, 0.1) is 0 Å². The van der Waals surface area contributed by atoms with Gasteiger partial charge in [0.15, 0.2) is 0 Å². The number of nitrogens with one attached hydrogen (secondary N) is 1. The van der Waals surface area contributed by atoms with Crippen LogP contribution in [0.25, 0.3) is 5.65 Å². The predicted molar refractivity (Wildman–Crippen MR) is 107 cm³/mol. The van der Waals surface area contributed by atoms with E-state index in [2.05, 4.69) is 36.0 Å². The maximum absolute atomic E-state index is 12.3. The second-order valence-corrected chi connectivity index (χ2v) is 8.35. The second kappa shape index (κ2) is 7.69. The summed E-state index contributed by atoms with van der Waals surface area (Å²) in [6.45, 7) is 6.05. The van der Waals surface area contributed by atoms with E-state index < -0.39 is 0 Å². The van der Waals surface area contributed by atoms with E-state index in [-0.39, 0.29) is 17.5 Å². The molecular formula is C19H24BrN5O2. The van der Waals surface area contributed by atoms with E-state index in [0.29, 0.717) is 18.2 Å². The van der Waals surface area contributed by atoms with Gasteiger partial charge in [-0.15, -0.1) is 0 Å². The summed E-state index contributed by atoms with van der Waals surface area (Å²) in [5.41, 5.74) is 1.38. The van der Waals surface area contributed by atoms with Gasteiger partial charge in [-0.1, -0.05) is 0 Å². The van der Waals surface area contributed by atoms with Gasteiger partial charge in [0, 0.05) is 55.5 Å². The molecule has 0 bridgehead atoms. The summed E-state index contributed by atoms with van der Waals surface area (Å²) in [6, 6.07) is 5.65. The molecule has 7 nitrogen and oxygen atoms in total. The van der Waals surface area contributed by atoms with E-state index in [1.165, 1.54) is 0 Å². The molecule has 0 radical (unpaired) electrons. The van der Waals surface area contributed by atoms with E-state index >= 15 is 0 Å². The zero-order valence-electron chi connectivity index (χ0n) is 15.4. The molecule has 144 valence electrons. The first-order chi connectivity index (χ1) is 13.0. The molecule has 1 aliphatic carbocycles. The number of pyridine rings is 1. The zero-order chi connectivity index (χ0) is 19.0. The Balaban J connectivity index is 1.36. The fourth-order valence-electron chi connectivity index (χ4n) is 3.46. The molecule has 2 aliphatic rings. The van der Waals surface area contributed by atoms with Crippen molar-refractivity contribution in [1.82, 2.24) is 24.5 Å². The van der Waals surface area contributed by atoms with Gasteiger partial charge >= 0.3 is 0 Å². The van der Waals surface area contributed by atoms with Gasteiger partial charge in [0.1, 0.15) is 5.65 Å². The Kier molecular flexibility index (Phi) is 5.29. The third-order valence-corrected chi connectivity index (χ3v) is 5.79. The van der Waals surface area contributed by atoms with Crippen molar-refractivity contribution in [2.75, 3.05) is 26.2 Å². The van der Waals surface area contributed by atoms with Gasteiger partial charge in [-0.05, 0) is 47.8 Å². The highest BCUT2D eigenvalue weighted by Gasteiger charge is 2.30. The standard InChI is InChI=1S/C19H24BrN5O2/c1-13(19(27)22-15-3-4-15)24-8-6-23(7-9-24)12-16-10-18(26)25-11-14(20)2-5-17(25)21-16/h2,5,10-11,13,15H,3-4,6-9,12H2,1H3,(H,22,27). The summed E-state index contributed by atoms with van der Waals surface area (Å²) in [7, 11) is 0. The molecule has 1 amide bonds. The smallest absolute Gasteiger partial charge is 0.258 e. The molecule has 2 fully saturated rings. The average molecular weight is 434 g/mol. The third-order valence-electron chi connectivity index (χ3n) is 5.32. The van der Waals surface area contributed by atoms with Gasteiger partial charge in [0.25, 0.3) is 5.56 Å². The molecule has 0 spiro atoms. The van der Waals surface area contributed by atoms with Crippen molar-refractivity contribution < 1.29 is 4.79 Å². The maximum Gasteiger partial charge on any atom is 0.258 e. The van der Waals surface area contributed by atoms with Crippen molar-refractivity contribution in [1.29, 1.82) is 0 Å². The Labute approximate surface area is 166 Å². The van der Waals surface area contributed by atoms with Crippen molar-refractivity contribution in [2.24, 2.45) is 0 Å². The molecule has 1 N–H and O–H groups in total. The number of hydrogen-bond acceptors (Lipinski definition) is 5. The lowest BCUT2D eigenvalue weighted by Gasteiger charge is -2.37. The molecule has 1 unspecified atom stereocenters. The third kappa shape index (κ3) is 4.39. The molecule has 27 heavy (non-hydrogen) atoms. The summed E-state index contributed by atoms with van der Waals surface area (Å²) in [5.74, 6) is 0.140. The molecular weight excluding hydrogens is 410 g/mol. The van der Waals surface area contributed by atoms with Gasteiger partial charge in [-0.3, -0.25) is 23.8 Å². The number of carbonyl (C=O) groups is 1. The van der Waals surface area contributed by atoms with Gasteiger partial charge in [0.05, 0.1) is 11.7 Å². The van der Waals surface area contributed by atoms with E-state index in [1.54, 1.807) is 16.7 Å². The van der Waals surface area contributed by atoms with Gasteiger partial charge in [0.2, 0.25) is 5.91 Å². The quantitative estimate of drug-likeness (QED) is 0.767. The number of rotatable bonds is 5. The van der Waals surface area contributed by atoms with Crippen LogP contribution in [0.15, 0.2) is 33.7 Å². The van der Waals surface area contributed by atoms with E-state index in [9.17, 15) is 9.59 Å². The normalized spacial score (nSPS) is 19.9. The van der Waals surface area contributed by atoms with Crippen LogP contribution in [0.5, 0.6) is 0 Å². The van der Waals surface area contributed by atoms with Crippen LogP contribution in [0.3, 0.4) is 0 Å². The number of amides is 1. The largest absolute Gasteiger partial charge is 0.352 e. The number of nitrogens with zero attached hydrogens (tertiary/aromatic N) is 4. The minimum Gasteiger partial charge on any atom is -0.352 e. The SMILES string of the molecule is CC(C(=O)NC1CC1)N1CCN(Cc2cc(=O)n3cc(Br)ccc3n2)CC1. The van der Waals surface area contributed by atoms with Crippen LogP contribution in [0.4, 0.5) is 0 Å². The van der Waals surface area contributed by atoms with Crippen molar-refractivity contribution in [3.05, 3.63) is 44.9 Å². The van der Waals surface area contributed by atoms with Crippen LogP contribution >= 0.6 is 15.9 Å². The van der Waals surface area contributed by atoms with Crippen LogP contribution < -0.4 is 10.9 Å². The molecule has 1 saturated heterocycles. The Bertz CT molecular complexity index is 903. The molecule has 1 atom stereocenters. The molecule has 0 aromatic carbocycles. The summed E-state index contributed by atoms with van der Waals surface area (Å²) in [6.07, 6.45) is 3.96. The Morgan fingerprint density at radius 3 is 2.74 bits per heavy atom. The first kappa shape index (κ1) is 18.6. The molecule has 8 heteroatoms. The zero-order valence-corrected chi connectivity index (χ0v) is 17.0. The van der Waals surface area contributed by atoms with Crippen molar-refractivity contribution in [2.45, 2.75) is 38.4 Å². The fourth-order valence-corrected chi connectivity index (χ4v) is 3.80. The monoisotopic (exact) mass is 433 g/mol. The van der Waals surface area contributed by atoms with Crippen LogP contribution in [-0.4, -0.2) is 63.4 Å². The van der Waals surface area contributed by atoms with Gasteiger partial charge in [-0.2, -0.15) is 0 Å². The Morgan fingerprint density at radius 1 is 1.30 bits per heavy atom. The van der Waals surface area contributed by atoms with E-state index in [4.69, 9.17) is 0 Å². The number of halogens is 1. The van der Waals surface area contributed by atoms with Gasteiger partial charge < -0.3 is 5.32 Å². The Morgan fingerprint density at radius 2 is 2.04 bits per heavy atom. The fraction of sp³-hybridized carbons (Fsp3) is 0.526. The first-order valence-electron chi connectivity index (χ1n) is 9.44. The highest BCUT2D eigenvalue weighted by molar-refractivity contribution is 9.10. The lowest BCUT2D eigenvalue weighted by Crippen LogP contribution is -2.53. The molecule has 2 aromatic heterocycles. The number of aromatic nitrogens is 2. The predicted octanol–water partition coefficient (Wildman–Crippen LogP) is 1.24. The first-order valence-corrected chi connectivity index (χ1v) is 10.2. The summed E-state index contributed by atoms with van der Waals surface area (Å²) < 4.78 is 2.40. The minimum atomic E-state index is -0.0883. The average Bonchev–Trinajstić information content (AvgIpc) is 3.46. The highest BCUT2D eigenvalue weighted by Crippen LogP contribution is 2.19. The molecule has 4 rings (SSSR count). The van der Waals surface area contributed by atoms with Crippen molar-refractivity contribution >= 4 is 27.5 Å². The number of fused-ring (bicyclic) bond motifs is 1. The van der Waals surface area contributed by atoms with Crippen LogP contribution in [-0.2, 0) is 11.3 Å². The molecule has 1 aliphatic heterocycles. The lowest BCUT2D eigenvalue weighted by atomic mass is 10.2. The van der Waals surface area contributed by atoms with E-state index in [1.807, 2.05) is 19.1 Å². The number of carbonyl (C=O) groups excluding carboxylic acids is 1. The molecule has 2 aromatic rings. The summed E-state index contributed by atoms with van der Waals surface area (Å²) in [5, 5.41) is 3.08. The number of piperazine rings is 1. The lowest BCUT2D eigenvalue weighted by molar-refractivity contribution is -0.126. The highest BCUT2D eigenvalue weighted by atomic mass is 79.9. The van der Waals surface area contributed by atoms with Crippen LogP contribution in [0.1, 0.15) is 25.5 Å². The van der Waals surface area contributed by atoms with Crippen molar-refractivity contribution in [3.63, 3.8) is 0 Å². The van der Waals surface area contributed by atoms with Gasteiger partial charge in [-0.25, -0.2) is 4.98 Å². The molecule has 3 heterocycles. The van der Waals surface area contributed by atoms with Crippen LogP contribution in [0.2, 0.25) is 0 Å². The van der Waals surface area contributed by atoms with Crippen molar-refractivity contribution in [3.8, 4) is 0 Å². The number of hydrogen-bond donors (Lipinski definition) is 1. The maximum atomic E-state index is 12.3.